The van der Waals surface area contributed by atoms with Crippen LogP contribution in [0.2, 0.25) is 5.02 Å². The molecule has 0 aliphatic heterocycles. The second-order valence-corrected chi connectivity index (χ2v) is 11.0. The molecule has 8 nitrogen and oxygen atoms in total. The minimum Gasteiger partial charge on any atom is -0.357 e. The normalized spacial score (nSPS) is 12.1. The van der Waals surface area contributed by atoms with Crippen LogP contribution in [0, 0.1) is 0 Å². The van der Waals surface area contributed by atoms with Crippen LogP contribution in [0.25, 0.3) is 0 Å². The Labute approximate surface area is 223 Å². The predicted molar refractivity (Wildman–Crippen MR) is 146 cm³/mol. The monoisotopic (exact) mass is 542 g/mol. The minimum absolute atomic E-state index is 0.0219. The molecule has 0 saturated carbocycles. The molecule has 196 valence electrons. The molecule has 1 atom stereocenters. The first-order valence-electron chi connectivity index (χ1n) is 11.7. The molecule has 2 amide bonds. The van der Waals surface area contributed by atoms with Crippen LogP contribution in [-0.4, -0.2) is 63.2 Å². The summed E-state index contributed by atoms with van der Waals surface area (Å²) in [5.41, 5.74) is 1.83. The van der Waals surface area contributed by atoms with Gasteiger partial charge in [-0.3, -0.25) is 9.59 Å². The molecular weight excluding hydrogens is 512 g/mol. The molecule has 0 radical (unpaired) electrons. The van der Waals surface area contributed by atoms with E-state index in [-0.39, 0.29) is 18.9 Å². The van der Waals surface area contributed by atoms with Gasteiger partial charge in [-0.25, -0.2) is 4.31 Å². The van der Waals surface area contributed by atoms with Crippen LogP contribution in [0.15, 0.2) is 84.9 Å². The van der Waals surface area contributed by atoms with Crippen LogP contribution in [0.4, 0.5) is 5.69 Å². The Morgan fingerprint density at radius 3 is 2.03 bits per heavy atom. The fraction of sp³-hybridized carbons (Fsp3) is 0.259. The zero-order chi connectivity index (χ0) is 27.0. The van der Waals surface area contributed by atoms with Gasteiger partial charge in [0.1, 0.15) is 12.6 Å². The standard InChI is InChI=1S/C27H31ClN4O4S/c1-29-27(34)25(18-21-12-6-4-7-13-21)31(19-22-14-10-11-17-24(22)28)26(33)20-32(37(35,36)30(2)3)23-15-8-5-9-16-23/h4-17,25H,18-20H2,1-3H3,(H,29,34)/t25-/m1/s1. The van der Waals surface area contributed by atoms with E-state index in [0.29, 0.717) is 16.3 Å². The van der Waals surface area contributed by atoms with E-state index >= 15 is 0 Å². The predicted octanol–water partition coefficient (Wildman–Crippen LogP) is 3.34. The van der Waals surface area contributed by atoms with Gasteiger partial charge in [-0.15, -0.1) is 0 Å². The first-order valence-corrected chi connectivity index (χ1v) is 13.5. The highest BCUT2D eigenvalue weighted by Crippen LogP contribution is 2.23. The van der Waals surface area contributed by atoms with E-state index in [4.69, 9.17) is 11.6 Å². The fourth-order valence-corrected chi connectivity index (χ4v) is 5.09. The van der Waals surface area contributed by atoms with E-state index < -0.39 is 28.7 Å². The average Bonchev–Trinajstić information content (AvgIpc) is 2.90. The molecule has 3 rings (SSSR count). The van der Waals surface area contributed by atoms with Crippen molar-refractivity contribution in [3.05, 3.63) is 101 Å². The number of rotatable bonds is 11. The molecule has 37 heavy (non-hydrogen) atoms. The van der Waals surface area contributed by atoms with Crippen molar-refractivity contribution >= 4 is 39.3 Å². The third-order valence-electron chi connectivity index (χ3n) is 5.88. The van der Waals surface area contributed by atoms with Crippen molar-refractivity contribution in [1.29, 1.82) is 0 Å². The van der Waals surface area contributed by atoms with E-state index in [2.05, 4.69) is 5.32 Å². The number of para-hydroxylation sites is 1. The molecule has 0 aliphatic rings. The molecule has 10 heteroatoms. The maximum atomic E-state index is 13.9. The largest absolute Gasteiger partial charge is 0.357 e. The van der Waals surface area contributed by atoms with E-state index in [1.165, 1.54) is 26.0 Å². The summed E-state index contributed by atoms with van der Waals surface area (Å²) >= 11 is 6.42. The van der Waals surface area contributed by atoms with Gasteiger partial charge < -0.3 is 10.2 Å². The SMILES string of the molecule is CNC(=O)[C@@H](Cc1ccccc1)N(Cc1ccccc1Cl)C(=O)CN(c1ccccc1)S(=O)(=O)N(C)C. The van der Waals surface area contributed by atoms with Crippen LogP contribution in [0.1, 0.15) is 11.1 Å². The Morgan fingerprint density at radius 1 is 0.892 bits per heavy atom. The summed E-state index contributed by atoms with van der Waals surface area (Å²) in [6.45, 7) is -0.481. The first kappa shape index (κ1) is 28.2. The third-order valence-corrected chi connectivity index (χ3v) is 8.07. The van der Waals surface area contributed by atoms with E-state index in [1.54, 1.807) is 54.6 Å². The smallest absolute Gasteiger partial charge is 0.304 e. The zero-order valence-corrected chi connectivity index (χ0v) is 22.6. The molecule has 1 N–H and O–H groups in total. The number of carbonyl (C=O) groups excluding carboxylic acids is 2. The lowest BCUT2D eigenvalue weighted by Crippen LogP contribution is -2.53. The summed E-state index contributed by atoms with van der Waals surface area (Å²) in [5, 5.41) is 3.09. The van der Waals surface area contributed by atoms with Gasteiger partial charge in [0, 0.05) is 39.1 Å². The number of hydrogen-bond acceptors (Lipinski definition) is 4. The van der Waals surface area contributed by atoms with Gasteiger partial charge >= 0.3 is 10.2 Å². The van der Waals surface area contributed by atoms with E-state index in [1.807, 2.05) is 30.3 Å². The Morgan fingerprint density at radius 2 is 1.46 bits per heavy atom. The summed E-state index contributed by atoms with van der Waals surface area (Å²) in [6, 6.07) is 23.9. The Hall–Kier alpha value is -3.40. The van der Waals surface area contributed by atoms with Crippen LogP contribution in [-0.2, 0) is 32.8 Å². The molecule has 0 fully saturated rings. The number of benzene rings is 3. The molecule has 0 spiro atoms. The summed E-state index contributed by atoms with van der Waals surface area (Å²) in [7, 11) is 0.291. The van der Waals surface area contributed by atoms with Gasteiger partial charge in [0.2, 0.25) is 11.8 Å². The fourth-order valence-electron chi connectivity index (χ4n) is 3.84. The minimum atomic E-state index is -4.02. The molecule has 0 unspecified atom stereocenters. The van der Waals surface area contributed by atoms with E-state index in [0.717, 1.165) is 14.2 Å². The van der Waals surface area contributed by atoms with Gasteiger partial charge in [-0.05, 0) is 29.3 Å². The summed E-state index contributed by atoms with van der Waals surface area (Å²) in [4.78, 5) is 28.5. The molecule has 3 aromatic rings. The Bertz CT molecular complexity index is 1300. The molecule has 0 aliphatic carbocycles. The molecule has 3 aromatic carbocycles. The highest BCUT2D eigenvalue weighted by atomic mass is 35.5. The summed E-state index contributed by atoms with van der Waals surface area (Å²) in [5.74, 6) is -0.912. The molecule has 0 saturated heterocycles. The molecule has 0 bridgehead atoms. The maximum Gasteiger partial charge on any atom is 0.304 e. The summed E-state index contributed by atoms with van der Waals surface area (Å²) in [6.07, 6.45) is 0.239. The maximum absolute atomic E-state index is 13.9. The number of nitrogens with zero attached hydrogens (tertiary/aromatic N) is 3. The van der Waals surface area contributed by atoms with Crippen molar-refractivity contribution < 1.29 is 18.0 Å². The highest BCUT2D eigenvalue weighted by molar-refractivity contribution is 7.90. The zero-order valence-electron chi connectivity index (χ0n) is 21.0. The quantitative estimate of drug-likeness (QED) is 0.402. The highest BCUT2D eigenvalue weighted by Gasteiger charge is 2.34. The first-order chi connectivity index (χ1) is 17.6. The van der Waals surface area contributed by atoms with Gasteiger partial charge in [0.25, 0.3) is 0 Å². The van der Waals surface area contributed by atoms with E-state index in [9.17, 15) is 18.0 Å². The molecular formula is C27H31ClN4O4S. The van der Waals surface area contributed by atoms with Gasteiger partial charge in [0.15, 0.2) is 0 Å². The Kier molecular flexibility index (Phi) is 9.68. The van der Waals surface area contributed by atoms with Crippen LogP contribution in [0.3, 0.4) is 0 Å². The van der Waals surface area contributed by atoms with Crippen molar-refractivity contribution in [1.82, 2.24) is 14.5 Å². The third kappa shape index (κ3) is 7.09. The number of hydrogen-bond donors (Lipinski definition) is 1. The van der Waals surface area contributed by atoms with Gasteiger partial charge in [-0.2, -0.15) is 12.7 Å². The van der Waals surface area contributed by atoms with Gasteiger partial charge in [0.05, 0.1) is 5.69 Å². The molecule has 0 heterocycles. The summed E-state index contributed by atoms with van der Waals surface area (Å²) < 4.78 is 28.6. The lowest BCUT2D eigenvalue weighted by Gasteiger charge is -2.34. The second-order valence-electron chi connectivity index (χ2n) is 8.57. The number of likely N-dealkylation sites (N-methyl/N-ethyl adjacent to an activating group) is 1. The number of carbonyl (C=O) groups is 2. The van der Waals surface area contributed by atoms with Gasteiger partial charge in [-0.1, -0.05) is 78.3 Å². The number of halogens is 1. The van der Waals surface area contributed by atoms with Crippen LogP contribution >= 0.6 is 11.6 Å². The number of anilines is 1. The topological polar surface area (TPSA) is 90.0 Å². The lowest BCUT2D eigenvalue weighted by atomic mass is 10.0. The average molecular weight is 543 g/mol. The van der Waals surface area contributed by atoms with Crippen molar-refractivity contribution in [3.8, 4) is 0 Å². The van der Waals surface area contributed by atoms with Crippen LogP contribution in [0.5, 0.6) is 0 Å². The van der Waals surface area contributed by atoms with Crippen LogP contribution < -0.4 is 9.62 Å². The van der Waals surface area contributed by atoms with Crippen molar-refractivity contribution in [3.63, 3.8) is 0 Å². The molecule has 0 aromatic heterocycles. The lowest BCUT2D eigenvalue weighted by molar-refractivity contribution is -0.139. The second kappa shape index (κ2) is 12.7. The van der Waals surface area contributed by atoms with Crippen molar-refractivity contribution in [2.45, 2.75) is 19.0 Å². The number of amides is 2. The van der Waals surface area contributed by atoms with Crippen molar-refractivity contribution in [2.24, 2.45) is 0 Å². The Balaban J connectivity index is 2.06. The van der Waals surface area contributed by atoms with Crippen molar-refractivity contribution in [2.75, 3.05) is 32.0 Å². The number of nitrogens with one attached hydrogen (secondary N) is 1.